The number of amides is 2. The second kappa shape index (κ2) is 6.78. The van der Waals surface area contributed by atoms with Crippen LogP contribution in [0.5, 0.6) is 5.75 Å². The lowest BCUT2D eigenvalue weighted by molar-refractivity contribution is -0.123. The Bertz CT molecular complexity index is 825. The van der Waals surface area contributed by atoms with E-state index in [1.807, 2.05) is 25.1 Å². The highest BCUT2D eigenvalue weighted by Gasteiger charge is 2.30. The first-order valence-corrected chi connectivity index (χ1v) is 8.73. The molecular weight excluding hydrogens is 318 g/mol. The van der Waals surface area contributed by atoms with Gasteiger partial charge >= 0.3 is 0 Å². The van der Waals surface area contributed by atoms with Gasteiger partial charge in [0.2, 0.25) is 5.91 Å². The van der Waals surface area contributed by atoms with Crippen molar-refractivity contribution in [3.05, 3.63) is 29.5 Å². The predicted molar refractivity (Wildman–Crippen MR) is 96.7 cm³/mol. The number of ether oxygens (including phenoxy) is 1. The normalized spacial score (nSPS) is 17.7. The van der Waals surface area contributed by atoms with Crippen molar-refractivity contribution in [2.75, 3.05) is 20.2 Å². The Balaban J connectivity index is 2.06. The van der Waals surface area contributed by atoms with Gasteiger partial charge in [0, 0.05) is 36.2 Å². The first-order valence-electron chi connectivity index (χ1n) is 8.73. The van der Waals surface area contributed by atoms with Crippen LogP contribution in [-0.4, -0.2) is 41.5 Å². The topological polar surface area (TPSA) is 77.6 Å². The minimum Gasteiger partial charge on any atom is -0.497 e. The average molecular weight is 343 g/mol. The van der Waals surface area contributed by atoms with Gasteiger partial charge in [0.25, 0.3) is 5.91 Å². The van der Waals surface area contributed by atoms with Gasteiger partial charge in [-0.25, -0.2) is 0 Å². The average Bonchev–Trinajstić information content (AvgIpc) is 2.91. The predicted octanol–water partition coefficient (Wildman–Crippen LogP) is 2.32. The molecule has 1 aliphatic rings. The summed E-state index contributed by atoms with van der Waals surface area (Å²) in [4.78, 5) is 26.6. The standard InChI is InChI=1S/C19H25N3O3/c1-4-22-12(2)17(15-10-14(25-3)7-8-16(15)22)19(24)21-9-5-6-13(11-21)18(20)23/h7-8,10,13H,4-6,9,11H2,1-3H3,(H2,20,23)/t13-/m1/s1. The van der Waals surface area contributed by atoms with Crippen LogP contribution in [0.4, 0.5) is 0 Å². The molecule has 2 amide bonds. The van der Waals surface area contributed by atoms with E-state index >= 15 is 0 Å². The van der Waals surface area contributed by atoms with E-state index in [9.17, 15) is 9.59 Å². The number of primary amides is 1. The molecule has 1 aliphatic heterocycles. The minimum atomic E-state index is -0.327. The fraction of sp³-hybridized carbons (Fsp3) is 0.474. The lowest BCUT2D eigenvalue weighted by atomic mass is 9.96. The Morgan fingerprint density at radius 2 is 2.12 bits per heavy atom. The molecule has 0 bridgehead atoms. The number of carbonyl (C=O) groups is 2. The van der Waals surface area contributed by atoms with Crippen molar-refractivity contribution in [3.8, 4) is 5.75 Å². The molecule has 0 radical (unpaired) electrons. The third-order valence-electron chi connectivity index (χ3n) is 5.17. The molecule has 0 unspecified atom stereocenters. The molecular formula is C19H25N3O3. The highest BCUT2D eigenvalue weighted by atomic mass is 16.5. The summed E-state index contributed by atoms with van der Waals surface area (Å²) >= 11 is 0. The molecule has 1 atom stereocenters. The van der Waals surface area contributed by atoms with Crippen LogP contribution in [0.15, 0.2) is 18.2 Å². The van der Waals surface area contributed by atoms with Crippen molar-refractivity contribution < 1.29 is 14.3 Å². The number of benzene rings is 1. The molecule has 25 heavy (non-hydrogen) atoms. The maximum atomic E-state index is 13.3. The number of methoxy groups -OCH3 is 1. The van der Waals surface area contributed by atoms with Crippen LogP contribution in [0.1, 0.15) is 35.8 Å². The van der Waals surface area contributed by atoms with E-state index in [2.05, 4.69) is 11.5 Å². The molecule has 1 saturated heterocycles. The van der Waals surface area contributed by atoms with Crippen LogP contribution < -0.4 is 10.5 Å². The molecule has 1 aromatic heterocycles. The summed E-state index contributed by atoms with van der Waals surface area (Å²) in [5.41, 5.74) is 8.11. The number of rotatable bonds is 4. The number of aromatic nitrogens is 1. The van der Waals surface area contributed by atoms with Gasteiger partial charge in [-0.05, 0) is 44.9 Å². The molecule has 3 rings (SSSR count). The number of piperidine rings is 1. The van der Waals surface area contributed by atoms with E-state index in [4.69, 9.17) is 10.5 Å². The summed E-state index contributed by atoms with van der Waals surface area (Å²) in [6.45, 7) is 5.88. The van der Waals surface area contributed by atoms with Crippen LogP contribution in [0.2, 0.25) is 0 Å². The number of nitrogens with two attached hydrogens (primary N) is 1. The Labute approximate surface area is 147 Å². The van der Waals surface area contributed by atoms with E-state index in [1.54, 1.807) is 12.0 Å². The SMILES string of the molecule is CCn1c(C)c(C(=O)N2CCC[C@@H](C(N)=O)C2)c2cc(OC)ccc21. The maximum Gasteiger partial charge on any atom is 0.256 e. The summed E-state index contributed by atoms with van der Waals surface area (Å²) in [6, 6.07) is 5.81. The number of fused-ring (bicyclic) bond motifs is 1. The van der Waals surface area contributed by atoms with E-state index < -0.39 is 0 Å². The van der Waals surface area contributed by atoms with Crippen LogP contribution in [-0.2, 0) is 11.3 Å². The second-order valence-corrected chi connectivity index (χ2v) is 6.58. The van der Waals surface area contributed by atoms with Crippen LogP contribution >= 0.6 is 0 Å². The maximum absolute atomic E-state index is 13.3. The van der Waals surface area contributed by atoms with E-state index in [1.165, 1.54) is 0 Å². The molecule has 0 saturated carbocycles. The largest absolute Gasteiger partial charge is 0.497 e. The Hall–Kier alpha value is -2.50. The molecule has 1 aromatic carbocycles. The van der Waals surface area contributed by atoms with Crippen molar-refractivity contribution in [2.24, 2.45) is 11.7 Å². The van der Waals surface area contributed by atoms with Gasteiger partial charge in [-0.1, -0.05) is 0 Å². The van der Waals surface area contributed by atoms with Crippen molar-refractivity contribution in [2.45, 2.75) is 33.2 Å². The third-order valence-corrected chi connectivity index (χ3v) is 5.17. The van der Waals surface area contributed by atoms with Gasteiger partial charge in [0.05, 0.1) is 18.6 Å². The summed E-state index contributed by atoms with van der Waals surface area (Å²) in [5.74, 6) is 0.108. The number of carbonyl (C=O) groups excluding carboxylic acids is 2. The summed E-state index contributed by atoms with van der Waals surface area (Å²) in [5, 5.41) is 0.893. The van der Waals surface area contributed by atoms with Gasteiger partial charge in [-0.3, -0.25) is 9.59 Å². The van der Waals surface area contributed by atoms with Gasteiger partial charge < -0.3 is 19.9 Å². The van der Waals surface area contributed by atoms with Gasteiger partial charge in [-0.15, -0.1) is 0 Å². The molecule has 6 nitrogen and oxygen atoms in total. The number of likely N-dealkylation sites (tertiary alicyclic amines) is 1. The first kappa shape index (κ1) is 17.3. The molecule has 134 valence electrons. The Morgan fingerprint density at radius 3 is 2.76 bits per heavy atom. The van der Waals surface area contributed by atoms with Crippen molar-refractivity contribution in [3.63, 3.8) is 0 Å². The lowest BCUT2D eigenvalue weighted by Gasteiger charge is -2.31. The smallest absolute Gasteiger partial charge is 0.256 e. The van der Waals surface area contributed by atoms with Gasteiger partial charge in [0.1, 0.15) is 5.75 Å². The molecule has 1 fully saturated rings. The quantitative estimate of drug-likeness (QED) is 0.925. The fourth-order valence-electron chi connectivity index (χ4n) is 3.82. The van der Waals surface area contributed by atoms with E-state index in [0.717, 1.165) is 41.7 Å². The third kappa shape index (κ3) is 2.97. The number of nitrogens with zero attached hydrogens (tertiary/aromatic N) is 2. The number of aryl methyl sites for hydroxylation is 1. The highest BCUT2D eigenvalue weighted by Crippen LogP contribution is 2.31. The molecule has 0 spiro atoms. The summed E-state index contributed by atoms with van der Waals surface area (Å²) < 4.78 is 7.47. The number of hydrogen-bond acceptors (Lipinski definition) is 3. The van der Waals surface area contributed by atoms with E-state index in [0.29, 0.717) is 18.7 Å². The Kier molecular flexibility index (Phi) is 4.70. The zero-order valence-electron chi connectivity index (χ0n) is 15.0. The fourth-order valence-corrected chi connectivity index (χ4v) is 3.82. The minimum absolute atomic E-state index is 0.0334. The van der Waals surface area contributed by atoms with Crippen LogP contribution in [0, 0.1) is 12.8 Å². The monoisotopic (exact) mass is 343 g/mol. The highest BCUT2D eigenvalue weighted by molar-refractivity contribution is 6.09. The Morgan fingerprint density at radius 1 is 1.36 bits per heavy atom. The summed E-state index contributed by atoms with van der Waals surface area (Å²) in [6.07, 6.45) is 1.55. The molecule has 6 heteroatoms. The van der Waals surface area contributed by atoms with Crippen molar-refractivity contribution >= 4 is 22.7 Å². The molecule has 2 N–H and O–H groups in total. The van der Waals surface area contributed by atoms with Crippen molar-refractivity contribution in [1.82, 2.24) is 9.47 Å². The second-order valence-electron chi connectivity index (χ2n) is 6.58. The zero-order valence-corrected chi connectivity index (χ0v) is 15.0. The van der Waals surface area contributed by atoms with Crippen molar-refractivity contribution in [1.29, 1.82) is 0 Å². The molecule has 0 aliphatic carbocycles. The lowest BCUT2D eigenvalue weighted by Crippen LogP contribution is -2.44. The molecule has 2 aromatic rings. The van der Waals surface area contributed by atoms with Crippen LogP contribution in [0.3, 0.4) is 0 Å². The van der Waals surface area contributed by atoms with Gasteiger partial charge in [-0.2, -0.15) is 0 Å². The van der Waals surface area contributed by atoms with Crippen LogP contribution in [0.25, 0.3) is 10.9 Å². The first-order chi connectivity index (χ1) is 12.0. The number of hydrogen-bond donors (Lipinski definition) is 1. The summed E-state index contributed by atoms with van der Waals surface area (Å²) in [7, 11) is 1.62. The van der Waals surface area contributed by atoms with Gasteiger partial charge in [0.15, 0.2) is 0 Å². The molecule has 2 heterocycles. The van der Waals surface area contributed by atoms with E-state index in [-0.39, 0.29) is 17.7 Å². The zero-order chi connectivity index (χ0) is 18.1.